The lowest BCUT2D eigenvalue weighted by atomic mass is 10.1. The summed E-state index contributed by atoms with van der Waals surface area (Å²) in [4.78, 5) is 23.2. The maximum atomic E-state index is 13.1. The summed E-state index contributed by atoms with van der Waals surface area (Å²) < 4.78 is 38.8. The quantitative estimate of drug-likeness (QED) is 0.888. The normalized spacial score (nSPS) is 11.8. The molecule has 120 valence electrons. The van der Waals surface area contributed by atoms with Gasteiger partial charge in [0.2, 0.25) is 0 Å². The van der Waals surface area contributed by atoms with E-state index in [0.717, 1.165) is 12.1 Å². The van der Waals surface area contributed by atoms with Crippen LogP contribution in [-0.4, -0.2) is 23.0 Å². The SMILES string of the molecule is O=C(N[C@H](Cc1ccc(F)cc1)C(=O)O)c1ccc(F)c(F)c1. The Balaban J connectivity index is 2.12. The largest absolute Gasteiger partial charge is 0.480 e. The molecule has 0 aliphatic carbocycles. The third-order valence-corrected chi connectivity index (χ3v) is 3.14. The number of rotatable bonds is 5. The molecule has 1 amide bonds. The second-order valence-electron chi connectivity index (χ2n) is 4.82. The molecule has 0 heterocycles. The van der Waals surface area contributed by atoms with Crippen molar-refractivity contribution >= 4 is 11.9 Å². The zero-order chi connectivity index (χ0) is 17.0. The van der Waals surface area contributed by atoms with Crippen LogP contribution < -0.4 is 5.32 Å². The van der Waals surface area contributed by atoms with Crippen LogP contribution in [0.15, 0.2) is 42.5 Å². The average Bonchev–Trinajstić information content (AvgIpc) is 2.51. The number of amides is 1. The van der Waals surface area contributed by atoms with Crippen molar-refractivity contribution < 1.29 is 27.9 Å². The summed E-state index contributed by atoms with van der Waals surface area (Å²) in [5, 5.41) is 11.4. The van der Waals surface area contributed by atoms with Crippen LogP contribution in [0.5, 0.6) is 0 Å². The first-order chi connectivity index (χ1) is 10.9. The van der Waals surface area contributed by atoms with Crippen molar-refractivity contribution in [3.05, 3.63) is 71.0 Å². The third-order valence-electron chi connectivity index (χ3n) is 3.14. The number of aliphatic carboxylic acids is 1. The van der Waals surface area contributed by atoms with Crippen molar-refractivity contribution in [2.75, 3.05) is 0 Å². The smallest absolute Gasteiger partial charge is 0.326 e. The number of halogens is 3. The zero-order valence-electron chi connectivity index (χ0n) is 11.7. The van der Waals surface area contributed by atoms with Gasteiger partial charge in [0, 0.05) is 12.0 Å². The van der Waals surface area contributed by atoms with Crippen LogP contribution in [0.1, 0.15) is 15.9 Å². The monoisotopic (exact) mass is 323 g/mol. The van der Waals surface area contributed by atoms with Gasteiger partial charge in [0.25, 0.3) is 5.91 Å². The van der Waals surface area contributed by atoms with Crippen molar-refractivity contribution in [1.82, 2.24) is 5.32 Å². The van der Waals surface area contributed by atoms with Crippen LogP contribution in [0.3, 0.4) is 0 Å². The molecule has 0 unspecified atom stereocenters. The lowest BCUT2D eigenvalue weighted by Crippen LogP contribution is -2.42. The van der Waals surface area contributed by atoms with Gasteiger partial charge in [0.15, 0.2) is 11.6 Å². The van der Waals surface area contributed by atoms with Gasteiger partial charge in [-0.05, 0) is 35.9 Å². The number of hydrogen-bond acceptors (Lipinski definition) is 2. The predicted molar refractivity (Wildman–Crippen MR) is 75.4 cm³/mol. The van der Waals surface area contributed by atoms with Gasteiger partial charge in [-0.25, -0.2) is 18.0 Å². The van der Waals surface area contributed by atoms with Gasteiger partial charge >= 0.3 is 5.97 Å². The Kier molecular flexibility index (Phi) is 5.00. The molecule has 2 rings (SSSR count). The Morgan fingerprint density at radius 3 is 2.22 bits per heavy atom. The topological polar surface area (TPSA) is 66.4 Å². The minimum atomic E-state index is -1.30. The summed E-state index contributed by atoms with van der Waals surface area (Å²) in [5.41, 5.74) is 0.304. The molecule has 1 atom stereocenters. The first-order valence-electron chi connectivity index (χ1n) is 6.60. The molecule has 0 saturated carbocycles. The van der Waals surface area contributed by atoms with Crippen molar-refractivity contribution in [1.29, 1.82) is 0 Å². The van der Waals surface area contributed by atoms with Crippen LogP contribution in [-0.2, 0) is 11.2 Å². The molecule has 2 N–H and O–H groups in total. The van der Waals surface area contributed by atoms with Crippen LogP contribution in [0.4, 0.5) is 13.2 Å². The molecule has 0 fully saturated rings. The van der Waals surface area contributed by atoms with E-state index < -0.39 is 35.4 Å². The molecular weight excluding hydrogens is 311 g/mol. The van der Waals surface area contributed by atoms with E-state index in [1.165, 1.54) is 24.3 Å². The molecular formula is C16H12F3NO3. The first-order valence-corrected chi connectivity index (χ1v) is 6.60. The maximum absolute atomic E-state index is 13.1. The highest BCUT2D eigenvalue weighted by molar-refractivity contribution is 5.96. The minimum absolute atomic E-state index is 0.0783. The Labute approximate surface area is 129 Å². The number of nitrogens with one attached hydrogen (secondary N) is 1. The van der Waals surface area contributed by atoms with Crippen molar-refractivity contribution in [3.63, 3.8) is 0 Å². The Morgan fingerprint density at radius 2 is 1.65 bits per heavy atom. The molecule has 0 aliphatic heterocycles. The molecule has 2 aromatic carbocycles. The van der Waals surface area contributed by atoms with Gasteiger partial charge < -0.3 is 10.4 Å². The Bertz CT molecular complexity index is 732. The minimum Gasteiger partial charge on any atom is -0.480 e. The Hall–Kier alpha value is -2.83. The van der Waals surface area contributed by atoms with E-state index in [-0.39, 0.29) is 12.0 Å². The number of benzene rings is 2. The lowest BCUT2D eigenvalue weighted by Gasteiger charge is -2.15. The second kappa shape index (κ2) is 6.95. The molecule has 0 aliphatic rings. The first kappa shape index (κ1) is 16.5. The highest BCUT2D eigenvalue weighted by atomic mass is 19.2. The van der Waals surface area contributed by atoms with Crippen LogP contribution in [0, 0.1) is 17.5 Å². The van der Waals surface area contributed by atoms with Gasteiger partial charge in [0.05, 0.1) is 0 Å². The molecule has 7 heteroatoms. The van der Waals surface area contributed by atoms with Gasteiger partial charge in [-0.2, -0.15) is 0 Å². The molecule has 2 aromatic rings. The van der Waals surface area contributed by atoms with E-state index in [0.29, 0.717) is 11.6 Å². The zero-order valence-corrected chi connectivity index (χ0v) is 11.7. The van der Waals surface area contributed by atoms with Crippen molar-refractivity contribution in [2.24, 2.45) is 0 Å². The van der Waals surface area contributed by atoms with Gasteiger partial charge in [-0.15, -0.1) is 0 Å². The van der Waals surface area contributed by atoms with E-state index in [2.05, 4.69) is 5.32 Å². The molecule has 0 bridgehead atoms. The molecule has 0 spiro atoms. The number of carboxylic acids is 1. The van der Waals surface area contributed by atoms with Crippen LogP contribution in [0.25, 0.3) is 0 Å². The van der Waals surface area contributed by atoms with Crippen LogP contribution >= 0.6 is 0 Å². The number of hydrogen-bond donors (Lipinski definition) is 2. The Morgan fingerprint density at radius 1 is 1.00 bits per heavy atom. The molecule has 0 saturated heterocycles. The molecule has 4 nitrogen and oxygen atoms in total. The van der Waals surface area contributed by atoms with E-state index in [1.54, 1.807) is 0 Å². The van der Waals surface area contributed by atoms with Crippen molar-refractivity contribution in [2.45, 2.75) is 12.5 Å². The summed E-state index contributed by atoms with van der Waals surface area (Å²) >= 11 is 0. The fourth-order valence-electron chi connectivity index (χ4n) is 1.94. The van der Waals surface area contributed by atoms with Gasteiger partial charge in [-0.3, -0.25) is 4.79 Å². The van der Waals surface area contributed by atoms with Gasteiger partial charge in [-0.1, -0.05) is 12.1 Å². The predicted octanol–water partition coefficient (Wildman–Crippen LogP) is 2.53. The summed E-state index contributed by atoms with van der Waals surface area (Å²) in [7, 11) is 0. The fourth-order valence-corrected chi connectivity index (χ4v) is 1.94. The number of carbonyl (C=O) groups excluding carboxylic acids is 1. The van der Waals surface area contributed by atoms with Gasteiger partial charge in [0.1, 0.15) is 11.9 Å². The van der Waals surface area contributed by atoms with E-state index in [4.69, 9.17) is 5.11 Å². The number of carboxylic acid groups (broad SMARTS) is 1. The average molecular weight is 323 g/mol. The highest BCUT2D eigenvalue weighted by Gasteiger charge is 2.21. The summed E-state index contributed by atoms with van der Waals surface area (Å²) in [5.74, 6) is -4.93. The summed E-state index contributed by atoms with van der Waals surface area (Å²) in [6, 6.07) is 6.35. The van der Waals surface area contributed by atoms with Crippen LogP contribution in [0.2, 0.25) is 0 Å². The van der Waals surface area contributed by atoms with E-state index >= 15 is 0 Å². The number of carbonyl (C=O) groups is 2. The summed E-state index contributed by atoms with van der Waals surface area (Å²) in [6.45, 7) is 0. The van der Waals surface area contributed by atoms with E-state index in [1.807, 2.05) is 0 Å². The van der Waals surface area contributed by atoms with E-state index in [9.17, 15) is 22.8 Å². The third kappa shape index (κ3) is 4.32. The maximum Gasteiger partial charge on any atom is 0.326 e. The van der Waals surface area contributed by atoms with Crippen molar-refractivity contribution in [3.8, 4) is 0 Å². The highest BCUT2D eigenvalue weighted by Crippen LogP contribution is 2.10. The summed E-state index contributed by atoms with van der Waals surface area (Å²) in [6.07, 6.45) is -0.0783. The lowest BCUT2D eigenvalue weighted by molar-refractivity contribution is -0.139. The fraction of sp³-hybridized carbons (Fsp3) is 0.125. The second-order valence-corrected chi connectivity index (χ2v) is 4.82. The molecule has 23 heavy (non-hydrogen) atoms. The standard InChI is InChI=1S/C16H12F3NO3/c17-11-4-1-9(2-5-11)7-14(16(22)23)20-15(21)10-3-6-12(18)13(19)8-10/h1-6,8,14H,7H2,(H,20,21)(H,22,23)/t14-/m1/s1. The molecule has 0 aromatic heterocycles. The molecule has 0 radical (unpaired) electrons.